The van der Waals surface area contributed by atoms with E-state index in [1.54, 1.807) is 4.90 Å². The summed E-state index contributed by atoms with van der Waals surface area (Å²) in [5.74, 6) is -1.34. The molecule has 1 aromatic carbocycles. The number of hydrogen-bond acceptors (Lipinski definition) is 5. The van der Waals surface area contributed by atoms with E-state index in [-0.39, 0.29) is 30.3 Å². The van der Waals surface area contributed by atoms with E-state index in [1.807, 2.05) is 0 Å². The van der Waals surface area contributed by atoms with Gasteiger partial charge in [0.2, 0.25) is 15.9 Å². The van der Waals surface area contributed by atoms with Crippen LogP contribution in [0, 0.1) is 23.5 Å². The Kier molecular flexibility index (Phi) is 8.60. The number of likely N-dealkylation sites (tertiary alicyclic amines) is 1. The van der Waals surface area contributed by atoms with E-state index in [0.29, 0.717) is 50.6 Å². The van der Waals surface area contributed by atoms with Crippen molar-refractivity contribution in [3.05, 3.63) is 29.8 Å². The van der Waals surface area contributed by atoms with E-state index >= 15 is 0 Å². The van der Waals surface area contributed by atoms with Crippen molar-refractivity contribution in [1.82, 2.24) is 19.4 Å². The van der Waals surface area contributed by atoms with Crippen LogP contribution in [0.5, 0.6) is 0 Å². The highest BCUT2D eigenvalue weighted by Gasteiger charge is 2.29. The second-order valence-electron chi connectivity index (χ2n) is 9.07. The smallest absolute Gasteiger partial charge is 0.243 e. The van der Waals surface area contributed by atoms with E-state index in [0.717, 1.165) is 31.6 Å². The topological polar surface area (TPSA) is 73.0 Å². The fraction of sp³-hybridized carbons (Fsp3) is 0.682. The van der Waals surface area contributed by atoms with Gasteiger partial charge in [0, 0.05) is 65.3 Å². The molecule has 1 N–H and O–H groups in total. The fourth-order valence-electron chi connectivity index (χ4n) is 4.66. The van der Waals surface area contributed by atoms with Crippen molar-refractivity contribution < 1.29 is 22.0 Å². The molecule has 2 aliphatic heterocycles. The number of hydrogen-bond donors (Lipinski definition) is 1. The molecule has 2 aliphatic rings. The third-order valence-corrected chi connectivity index (χ3v) is 8.08. The van der Waals surface area contributed by atoms with Gasteiger partial charge >= 0.3 is 0 Å². The Morgan fingerprint density at radius 1 is 1.09 bits per heavy atom. The van der Waals surface area contributed by atoms with Crippen molar-refractivity contribution in [3.8, 4) is 0 Å². The Balaban J connectivity index is 1.73. The molecule has 1 aromatic rings. The van der Waals surface area contributed by atoms with Crippen LogP contribution in [-0.2, 0) is 14.8 Å². The molecular weight excluding hydrogens is 438 g/mol. The first kappa shape index (κ1) is 25.0. The van der Waals surface area contributed by atoms with Crippen LogP contribution >= 0.6 is 0 Å². The summed E-state index contributed by atoms with van der Waals surface area (Å²) < 4.78 is 54.9. The number of rotatable bonds is 8. The molecule has 10 heteroatoms. The number of nitrogens with one attached hydrogen (secondary N) is 1. The lowest BCUT2D eigenvalue weighted by molar-refractivity contribution is -0.131. The summed E-state index contributed by atoms with van der Waals surface area (Å²) in [6, 6.07) is 2.60. The molecule has 0 bridgehead atoms. The van der Waals surface area contributed by atoms with Crippen molar-refractivity contribution in [2.24, 2.45) is 11.8 Å². The molecule has 180 valence electrons. The minimum atomic E-state index is -4.08. The van der Waals surface area contributed by atoms with Crippen LogP contribution in [0.15, 0.2) is 23.1 Å². The van der Waals surface area contributed by atoms with E-state index in [2.05, 4.69) is 24.1 Å². The Morgan fingerprint density at radius 3 is 2.38 bits per heavy atom. The van der Waals surface area contributed by atoms with Crippen LogP contribution in [0.1, 0.15) is 26.7 Å². The van der Waals surface area contributed by atoms with E-state index < -0.39 is 21.7 Å². The Hall–Kier alpha value is -1.62. The summed E-state index contributed by atoms with van der Waals surface area (Å²) >= 11 is 0. The van der Waals surface area contributed by atoms with Crippen molar-refractivity contribution >= 4 is 15.9 Å². The molecule has 2 saturated heterocycles. The van der Waals surface area contributed by atoms with Gasteiger partial charge in [-0.25, -0.2) is 17.2 Å². The maximum Gasteiger partial charge on any atom is 0.243 e. The molecule has 0 saturated carbocycles. The highest BCUT2D eigenvalue weighted by molar-refractivity contribution is 7.89. The van der Waals surface area contributed by atoms with Crippen molar-refractivity contribution in [2.75, 3.05) is 58.9 Å². The molecule has 1 amide bonds. The van der Waals surface area contributed by atoms with E-state index in [1.165, 1.54) is 4.31 Å². The third kappa shape index (κ3) is 6.46. The monoisotopic (exact) mass is 472 g/mol. The number of piperidine rings is 1. The molecule has 0 aromatic heterocycles. The number of amides is 1. The molecule has 3 rings (SSSR count). The largest absolute Gasteiger partial charge is 0.340 e. The molecule has 0 unspecified atom stereocenters. The standard InChI is InChI=1S/C22H34F2N4O3S/c1-17-13-18(2)16-26(15-17)11-12-28(8-5-22(29)27-9-6-25-7-10-27)32(30,31)19-3-4-20(23)21(24)14-19/h3-4,14,17-18,25H,5-13,15-16H2,1-2H3/t17-,18-/m1/s1. The number of benzene rings is 1. The number of carbonyl (C=O) groups is 1. The first-order valence-electron chi connectivity index (χ1n) is 11.3. The number of piperazine rings is 1. The average molecular weight is 473 g/mol. The predicted molar refractivity (Wildman–Crippen MR) is 119 cm³/mol. The van der Waals surface area contributed by atoms with Gasteiger partial charge in [-0.15, -0.1) is 0 Å². The number of nitrogens with zero attached hydrogens (tertiary/aromatic N) is 3. The second kappa shape index (κ2) is 11.0. The Morgan fingerprint density at radius 2 is 1.75 bits per heavy atom. The zero-order chi connectivity index (χ0) is 23.3. The van der Waals surface area contributed by atoms with Gasteiger partial charge in [-0.05, 0) is 36.5 Å². The van der Waals surface area contributed by atoms with Crippen LogP contribution in [0.2, 0.25) is 0 Å². The molecule has 2 fully saturated rings. The fourth-order valence-corrected chi connectivity index (χ4v) is 6.10. The Bertz CT molecular complexity index is 883. The predicted octanol–water partition coefficient (Wildman–Crippen LogP) is 1.76. The third-order valence-electron chi connectivity index (χ3n) is 6.18. The zero-order valence-electron chi connectivity index (χ0n) is 18.9. The van der Waals surface area contributed by atoms with Crippen LogP contribution in [0.25, 0.3) is 0 Å². The summed E-state index contributed by atoms with van der Waals surface area (Å²) in [5.41, 5.74) is 0. The van der Waals surface area contributed by atoms with Crippen LogP contribution in [0.3, 0.4) is 0 Å². The van der Waals surface area contributed by atoms with E-state index in [9.17, 15) is 22.0 Å². The maximum atomic E-state index is 13.8. The van der Waals surface area contributed by atoms with Crippen LogP contribution in [-0.4, -0.2) is 87.3 Å². The van der Waals surface area contributed by atoms with Crippen molar-refractivity contribution in [2.45, 2.75) is 31.6 Å². The number of sulfonamides is 1. The van der Waals surface area contributed by atoms with Gasteiger partial charge in [-0.3, -0.25) is 4.79 Å². The number of halogens is 2. The van der Waals surface area contributed by atoms with Gasteiger partial charge < -0.3 is 15.1 Å². The van der Waals surface area contributed by atoms with Gasteiger partial charge in [0.25, 0.3) is 0 Å². The summed E-state index contributed by atoms with van der Waals surface area (Å²) in [5, 5.41) is 3.18. The first-order valence-corrected chi connectivity index (χ1v) is 12.8. The van der Waals surface area contributed by atoms with Crippen LogP contribution in [0.4, 0.5) is 8.78 Å². The quantitative estimate of drug-likeness (QED) is 0.624. The number of carbonyl (C=O) groups excluding carboxylic acids is 1. The molecule has 0 spiro atoms. The second-order valence-corrected chi connectivity index (χ2v) is 11.0. The van der Waals surface area contributed by atoms with Crippen molar-refractivity contribution in [3.63, 3.8) is 0 Å². The molecule has 32 heavy (non-hydrogen) atoms. The van der Waals surface area contributed by atoms with Crippen LogP contribution < -0.4 is 5.32 Å². The average Bonchev–Trinajstić information content (AvgIpc) is 2.75. The minimum Gasteiger partial charge on any atom is -0.340 e. The normalized spacial score (nSPS) is 23.0. The molecular formula is C22H34F2N4O3S. The van der Waals surface area contributed by atoms with Gasteiger partial charge in [-0.1, -0.05) is 13.8 Å². The highest BCUT2D eigenvalue weighted by Crippen LogP contribution is 2.22. The lowest BCUT2D eigenvalue weighted by Crippen LogP contribution is -2.48. The lowest BCUT2D eigenvalue weighted by Gasteiger charge is -2.36. The van der Waals surface area contributed by atoms with Gasteiger partial charge in [-0.2, -0.15) is 4.31 Å². The van der Waals surface area contributed by atoms with Crippen molar-refractivity contribution in [1.29, 1.82) is 0 Å². The highest BCUT2D eigenvalue weighted by atomic mass is 32.2. The van der Waals surface area contributed by atoms with Gasteiger partial charge in [0.05, 0.1) is 4.90 Å². The SMILES string of the molecule is C[C@@H]1C[C@@H](C)CN(CCN(CCC(=O)N2CCNCC2)S(=O)(=O)c2ccc(F)c(F)c2)C1. The maximum absolute atomic E-state index is 13.8. The first-order chi connectivity index (χ1) is 15.2. The summed E-state index contributed by atoms with van der Waals surface area (Å²) in [6.45, 7) is 9.50. The molecule has 0 radical (unpaired) electrons. The molecule has 2 atom stereocenters. The molecule has 7 nitrogen and oxygen atoms in total. The summed E-state index contributed by atoms with van der Waals surface area (Å²) in [7, 11) is -4.08. The lowest BCUT2D eigenvalue weighted by atomic mass is 9.92. The Labute approximate surface area is 189 Å². The minimum absolute atomic E-state index is 0.00301. The van der Waals surface area contributed by atoms with Gasteiger partial charge in [0.1, 0.15) is 0 Å². The summed E-state index contributed by atoms with van der Waals surface area (Å²) in [4.78, 5) is 16.3. The van der Waals surface area contributed by atoms with E-state index in [4.69, 9.17) is 0 Å². The van der Waals surface area contributed by atoms with Gasteiger partial charge in [0.15, 0.2) is 11.6 Å². The zero-order valence-corrected chi connectivity index (χ0v) is 19.7. The summed E-state index contributed by atoms with van der Waals surface area (Å²) in [6.07, 6.45) is 1.20. The molecule has 0 aliphatic carbocycles. The molecule has 2 heterocycles.